The molecule has 0 aromatic heterocycles. The van der Waals surface area contributed by atoms with E-state index in [2.05, 4.69) is 10.0 Å². The lowest BCUT2D eigenvalue weighted by Gasteiger charge is -2.25. The van der Waals surface area contributed by atoms with Gasteiger partial charge in [-0.3, -0.25) is 19.2 Å². The molecule has 0 amide bonds. The number of benzene rings is 2. The molecule has 0 atom stereocenters. The highest BCUT2D eigenvalue weighted by Crippen LogP contribution is 2.32. The number of nitrogens with zero attached hydrogens (tertiary/aromatic N) is 5. The maximum absolute atomic E-state index is 11.4. The fourth-order valence-electron chi connectivity index (χ4n) is 3.74. The van der Waals surface area contributed by atoms with Crippen molar-refractivity contribution < 1.29 is 59.0 Å². The summed E-state index contributed by atoms with van der Waals surface area (Å²) >= 11 is 0. The molecular formula is C26H27N5O12. The number of anilines is 2. The molecule has 0 bridgehead atoms. The van der Waals surface area contributed by atoms with Crippen molar-refractivity contribution in [2.24, 2.45) is 5.11 Å². The number of carbonyl (C=O) groups is 5. The van der Waals surface area contributed by atoms with Gasteiger partial charge in [0, 0.05) is 4.91 Å². The van der Waals surface area contributed by atoms with Crippen LogP contribution in [0.5, 0.6) is 11.5 Å². The quantitative estimate of drug-likeness (QED) is 0.0539. The van der Waals surface area contributed by atoms with E-state index in [1.807, 2.05) is 0 Å². The summed E-state index contributed by atoms with van der Waals surface area (Å²) in [6, 6.07) is 8.63. The van der Waals surface area contributed by atoms with E-state index in [-0.39, 0.29) is 41.7 Å². The average Bonchev–Trinajstić information content (AvgIpc) is 2.89. The van der Waals surface area contributed by atoms with Gasteiger partial charge in [-0.25, -0.2) is 4.79 Å². The van der Waals surface area contributed by atoms with Gasteiger partial charge in [-0.05, 0) is 53.9 Å². The van der Waals surface area contributed by atoms with Gasteiger partial charge in [0.2, 0.25) is 0 Å². The molecule has 2 aromatic rings. The van der Waals surface area contributed by atoms with Crippen molar-refractivity contribution in [3.05, 3.63) is 63.7 Å². The van der Waals surface area contributed by atoms with Gasteiger partial charge in [-0.15, -0.1) is 0 Å². The summed E-state index contributed by atoms with van der Waals surface area (Å²) in [5.74, 6) is -6.64. The van der Waals surface area contributed by atoms with Crippen LogP contribution in [-0.2, 0) is 24.0 Å². The predicted molar refractivity (Wildman–Crippen MR) is 148 cm³/mol. The second-order valence-electron chi connectivity index (χ2n) is 8.71. The third kappa shape index (κ3) is 10.8. The van der Waals surface area contributed by atoms with Crippen LogP contribution in [0.4, 0.5) is 11.4 Å². The summed E-state index contributed by atoms with van der Waals surface area (Å²) in [4.78, 5) is 61.4. The van der Waals surface area contributed by atoms with E-state index >= 15 is 0 Å². The van der Waals surface area contributed by atoms with Crippen LogP contribution in [0.1, 0.15) is 11.1 Å². The Hall–Kier alpha value is -5.96. The van der Waals surface area contributed by atoms with Gasteiger partial charge in [-0.1, -0.05) is 17.2 Å². The highest BCUT2D eigenvalue weighted by Gasteiger charge is 2.21. The lowest BCUT2D eigenvalue weighted by Crippen LogP contribution is -2.35. The number of ether oxygens (including phenoxy) is 2. The first-order valence-corrected chi connectivity index (χ1v) is 12.2. The molecule has 0 heterocycles. The average molecular weight is 602 g/mol. The van der Waals surface area contributed by atoms with Gasteiger partial charge in [0.25, 0.3) is 0 Å². The summed E-state index contributed by atoms with van der Waals surface area (Å²) in [5, 5.41) is 49.4. The van der Waals surface area contributed by atoms with Crippen LogP contribution in [0.2, 0.25) is 0 Å². The van der Waals surface area contributed by atoms with E-state index < -0.39 is 61.7 Å². The summed E-state index contributed by atoms with van der Waals surface area (Å²) < 4.78 is 11.5. The monoisotopic (exact) mass is 601 g/mol. The van der Waals surface area contributed by atoms with Crippen molar-refractivity contribution in [2.45, 2.75) is 6.92 Å². The van der Waals surface area contributed by atoms with Gasteiger partial charge >= 0.3 is 29.8 Å². The third-order valence-corrected chi connectivity index (χ3v) is 5.36. The molecule has 228 valence electrons. The minimum Gasteiger partial charge on any atom is -0.488 e. The van der Waals surface area contributed by atoms with Crippen LogP contribution in [0.3, 0.4) is 0 Å². The Labute approximate surface area is 243 Å². The summed E-state index contributed by atoms with van der Waals surface area (Å²) in [5.41, 5.74) is 9.09. The molecule has 2 rings (SSSR count). The fourth-order valence-corrected chi connectivity index (χ4v) is 3.74. The predicted octanol–water partition coefficient (Wildman–Crippen LogP) is 2.14. The van der Waals surface area contributed by atoms with Crippen LogP contribution in [-0.4, -0.2) is 94.8 Å². The van der Waals surface area contributed by atoms with Crippen LogP contribution < -0.4 is 19.3 Å². The molecule has 2 aromatic carbocycles. The zero-order valence-corrected chi connectivity index (χ0v) is 22.6. The van der Waals surface area contributed by atoms with Crippen LogP contribution in [0.25, 0.3) is 16.5 Å². The molecule has 0 unspecified atom stereocenters. The Kier molecular flexibility index (Phi) is 12.2. The first-order chi connectivity index (χ1) is 20.3. The Morgan fingerprint density at radius 1 is 0.767 bits per heavy atom. The highest BCUT2D eigenvalue weighted by molar-refractivity contribution is 5.92. The van der Waals surface area contributed by atoms with Crippen molar-refractivity contribution in [3.8, 4) is 11.5 Å². The van der Waals surface area contributed by atoms with Crippen molar-refractivity contribution in [3.63, 3.8) is 0 Å². The first kappa shape index (κ1) is 33.2. The van der Waals surface area contributed by atoms with Crippen molar-refractivity contribution in [1.82, 2.24) is 0 Å². The van der Waals surface area contributed by atoms with Crippen molar-refractivity contribution >= 4 is 47.3 Å². The zero-order valence-electron chi connectivity index (χ0n) is 22.6. The number of carboxylic acids is 5. The highest BCUT2D eigenvalue weighted by atomic mass is 16.5. The molecule has 43 heavy (non-hydrogen) atoms. The summed E-state index contributed by atoms with van der Waals surface area (Å²) in [6.45, 7) is -1.38. The molecule has 0 saturated carbocycles. The van der Waals surface area contributed by atoms with Crippen molar-refractivity contribution in [1.29, 1.82) is 0 Å². The standard InChI is InChI=1S/C26H27N5O12/c1-15-2-4-18(30(11-22(32)33)12-23(34)35)20(8-15)42-6-7-43-21-10-16(9-17(26(40)41)28-29-27)3-5-19(21)31(13-24(36)37)14-25(38)39/h2-5,8-10H,6-7,11-14H2,1H3,(H,32,33)(H,34,35)(H,36,37)(H,38,39)(H,40,41)/b17-9-. The molecule has 0 spiro atoms. The summed E-state index contributed by atoms with van der Waals surface area (Å²) in [7, 11) is 0. The van der Waals surface area contributed by atoms with E-state index in [1.54, 1.807) is 19.1 Å². The molecule has 5 N–H and O–H groups in total. The SMILES string of the molecule is Cc1ccc(N(CC(=O)O)CC(=O)O)c(OCCOc2cc(/C=C(\N=[N+]=[N-])C(=O)O)ccc2N(CC(=O)O)CC(=O)O)c1. The number of aliphatic carboxylic acids is 5. The Morgan fingerprint density at radius 2 is 1.21 bits per heavy atom. The van der Waals surface area contributed by atoms with E-state index in [0.717, 1.165) is 21.4 Å². The van der Waals surface area contributed by atoms with Crippen molar-refractivity contribution in [2.75, 3.05) is 49.2 Å². The van der Waals surface area contributed by atoms with Gasteiger partial charge in [0.05, 0.1) is 11.4 Å². The van der Waals surface area contributed by atoms with Gasteiger partial charge in [0.15, 0.2) is 0 Å². The molecule has 17 heteroatoms. The number of carboxylic acid groups (broad SMARTS) is 5. The minimum atomic E-state index is -1.52. The summed E-state index contributed by atoms with van der Waals surface area (Å²) in [6.07, 6.45) is 1.02. The third-order valence-electron chi connectivity index (χ3n) is 5.36. The maximum Gasteiger partial charge on any atom is 0.338 e. The number of azide groups is 1. The molecule has 0 aliphatic rings. The molecule has 0 radical (unpaired) electrons. The van der Waals surface area contributed by atoms with Crippen LogP contribution in [0.15, 0.2) is 47.2 Å². The minimum absolute atomic E-state index is 0.0351. The largest absolute Gasteiger partial charge is 0.488 e. The molecular weight excluding hydrogens is 574 g/mol. The van der Waals surface area contributed by atoms with E-state index in [9.17, 15) is 49.5 Å². The molecule has 0 aliphatic carbocycles. The van der Waals surface area contributed by atoms with Gasteiger partial charge in [0.1, 0.15) is 56.6 Å². The lowest BCUT2D eigenvalue weighted by atomic mass is 10.1. The Balaban J connectivity index is 2.41. The van der Waals surface area contributed by atoms with Gasteiger partial charge in [-0.2, -0.15) is 0 Å². The molecule has 0 aliphatic heterocycles. The zero-order chi connectivity index (χ0) is 32.1. The lowest BCUT2D eigenvalue weighted by molar-refractivity contribution is -0.138. The first-order valence-electron chi connectivity index (χ1n) is 12.2. The van der Waals surface area contributed by atoms with E-state index in [0.29, 0.717) is 0 Å². The van der Waals surface area contributed by atoms with Gasteiger partial charge < -0.3 is 44.8 Å². The Bertz CT molecular complexity index is 1430. The number of aryl methyl sites for hydroxylation is 1. The second kappa shape index (κ2) is 15.7. The maximum atomic E-state index is 11.4. The molecule has 17 nitrogen and oxygen atoms in total. The van der Waals surface area contributed by atoms with E-state index in [4.69, 9.17) is 15.0 Å². The smallest absolute Gasteiger partial charge is 0.338 e. The molecule has 0 fully saturated rings. The number of hydrogen-bond donors (Lipinski definition) is 5. The molecule has 0 saturated heterocycles. The van der Waals surface area contributed by atoms with Crippen LogP contribution >= 0.6 is 0 Å². The Morgan fingerprint density at radius 3 is 1.63 bits per heavy atom. The fraction of sp³-hybridized carbons (Fsp3) is 0.269. The second-order valence-corrected chi connectivity index (χ2v) is 8.71. The number of hydrogen-bond acceptors (Lipinski definition) is 10. The normalized spacial score (nSPS) is 10.7. The topological polar surface area (TPSA) is 260 Å². The number of rotatable bonds is 18. The van der Waals surface area contributed by atoms with E-state index in [1.165, 1.54) is 24.3 Å². The van der Waals surface area contributed by atoms with Crippen LogP contribution in [0, 0.1) is 6.92 Å².